The van der Waals surface area contributed by atoms with Crippen molar-refractivity contribution in [3.63, 3.8) is 0 Å². The standard InChI is InChI=1S/C14H20BrNO/c1-9-7-10(2)13(11(3)8-9)14(17)16-12(4)5-6-15/h7-8,12H,5-6H2,1-4H3,(H,16,17). The molecule has 1 aromatic carbocycles. The molecular weight excluding hydrogens is 278 g/mol. The Kier molecular flexibility index (Phi) is 5.19. The van der Waals surface area contributed by atoms with Crippen molar-refractivity contribution in [2.75, 3.05) is 5.33 Å². The molecule has 0 spiro atoms. The number of alkyl halides is 1. The number of aryl methyl sites for hydroxylation is 3. The summed E-state index contributed by atoms with van der Waals surface area (Å²) in [6.45, 7) is 8.06. The minimum atomic E-state index is 0.0356. The maximum Gasteiger partial charge on any atom is 0.252 e. The van der Waals surface area contributed by atoms with Crippen LogP contribution >= 0.6 is 15.9 Å². The van der Waals surface area contributed by atoms with E-state index < -0.39 is 0 Å². The van der Waals surface area contributed by atoms with Crippen LogP contribution < -0.4 is 5.32 Å². The zero-order chi connectivity index (χ0) is 13.0. The van der Waals surface area contributed by atoms with E-state index in [1.807, 2.05) is 20.8 Å². The third-order valence-electron chi connectivity index (χ3n) is 2.82. The van der Waals surface area contributed by atoms with Crippen molar-refractivity contribution >= 4 is 21.8 Å². The minimum Gasteiger partial charge on any atom is -0.350 e. The molecule has 0 fully saturated rings. The van der Waals surface area contributed by atoms with Gasteiger partial charge in [-0.25, -0.2) is 0 Å². The summed E-state index contributed by atoms with van der Waals surface area (Å²) < 4.78 is 0. The van der Waals surface area contributed by atoms with E-state index in [1.165, 1.54) is 5.56 Å². The second kappa shape index (κ2) is 6.20. The van der Waals surface area contributed by atoms with Crippen LogP contribution in [0.1, 0.15) is 40.4 Å². The first-order valence-corrected chi connectivity index (χ1v) is 7.02. The maximum absolute atomic E-state index is 12.2. The van der Waals surface area contributed by atoms with Crippen molar-refractivity contribution in [3.05, 3.63) is 34.4 Å². The van der Waals surface area contributed by atoms with Gasteiger partial charge in [0.15, 0.2) is 0 Å². The molecule has 0 aliphatic carbocycles. The maximum atomic E-state index is 12.2. The highest BCUT2D eigenvalue weighted by Crippen LogP contribution is 2.16. The van der Waals surface area contributed by atoms with Crippen LogP contribution in [0.25, 0.3) is 0 Å². The first kappa shape index (κ1) is 14.2. The van der Waals surface area contributed by atoms with Crippen LogP contribution in [0.4, 0.5) is 0 Å². The van der Waals surface area contributed by atoms with Gasteiger partial charge in [-0.15, -0.1) is 0 Å². The first-order chi connectivity index (χ1) is 7.95. The third kappa shape index (κ3) is 3.84. The molecule has 1 atom stereocenters. The Hall–Kier alpha value is -0.830. The molecule has 3 heteroatoms. The van der Waals surface area contributed by atoms with Crippen LogP contribution in [0.15, 0.2) is 12.1 Å². The number of hydrogen-bond donors (Lipinski definition) is 1. The quantitative estimate of drug-likeness (QED) is 0.847. The lowest BCUT2D eigenvalue weighted by Crippen LogP contribution is -2.33. The fourth-order valence-electron chi connectivity index (χ4n) is 2.07. The first-order valence-electron chi connectivity index (χ1n) is 5.90. The lowest BCUT2D eigenvalue weighted by atomic mass is 9.99. The van der Waals surface area contributed by atoms with Crippen molar-refractivity contribution in [1.82, 2.24) is 5.32 Å². The molecule has 0 radical (unpaired) electrons. The largest absolute Gasteiger partial charge is 0.350 e. The highest BCUT2D eigenvalue weighted by Gasteiger charge is 2.14. The minimum absolute atomic E-state index is 0.0356. The van der Waals surface area contributed by atoms with Gasteiger partial charge in [-0.1, -0.05) is 33.6 Å². The van der Waals surface area contributed by atoms with Crippen LogP contribution in [-0.2, 0) is 0 Å². The Labute approximate surface area is 112 Å². The number of rotatable bonds is 4. The Morgan fingerprint density at radius 1 is 1.29 bits per heavy atom. The topological polar surface area (TPSA) is 29.1 Å². The molecule has 1 rings (SSSR count). The number of nitrogens with one attached hydrogen (secondary N) is 1. The molecule has 0 saturated heterocycles. The predicted molar refractivity (Wildman–Crippen MR) is 76.0 cm³/mol. The summed E-state index contributed by atoms with van der Waals surface area (Å²) in [5, 5.41) is 3.93. The number of amides is 1. The average molecular weight is 298 g/mol. The van der Waals surface area contributed by atoms with Gasteiger partial charge in [0.2, 0.25) is 0 Å². The van der Waals surface area contributed by atoms with Gasteiger partial charge in [0.25, 0.3) is 5.91 Å². The van der Waals surface area contributed by atoms with Crippen LogP contribution in [-0.4, -0.2) is 17.3 Å². The lowest BCUT2D eigenvalue weighted by molar-refractivity contribution is 0.0938. The van der Waals surface area contributed by atoms with E-state index in [4.69, 9.17) is 0 Å². The fraction of sp³-hybridized carbons (Fsp3) is 0.500. The summed E-state index contributed by atoms with van der Waals surface area (Å²) in [6, 6.07) is 4.30. The molecule has 1 unspecified atom stereocenters. The van der Waals surface area contributed by atoms with E-state index in [0.29, 0.717) is 0 Å². The van der Waals surface area contributed by atoms with E-state index in [2.05, 4.69) is 40.3 Å². The fourth-order valence-corrected chi connectivity index (χ4v) is 2.76. The van der Waals surface area contributed by atoms with Crippen molar-refractivity contribution in [2.24, 2.45) is 0 Å². The Bertz CT molecular complexity index is 392. The summed E-state index contributed by atoms with van der Waals surface area (Å²) in [6.07, 6.45) is 0.940. The molecule has 0 saturated carbocycles. The molecule has 0 aliphatic heterocycles. The van der Waals surface area contributed by atoms with Crippen LogP contribution in [0.3, 0.4) is 0 Å². The van der Waals surface area contributed by atoms with Gasteiger partial charge in [0.1, 0.15) is 0 Å². The SMILES string of the molecule is Cc1cc(C)c(C(=O)NC(C)CCBr)c(C)c1. The molecule has 17 heavy (non-hydrogen) atoms. The third-order valence-corrected chi connectivity index (χ3v) is 3.28. The van der Waals surface area contributed by atoms with Crippen LogP contribution in [0, 0.1) is 20.8 Å². The summed E-state index contributed by atoms with van der Waals surface area (Å²) in [5.41, 5.74) is 4.11. The molecule has 0 heterocycles. The molecule has 1 aromatic rings. The number of carbonyl (C=O) groups is 1. The monoisotopic (exact) mass is 297 g/mol. The van der Waals surface area contributed by atoms with Gasteiger partial charge >= 0.3 is 0 Å². The van der Waals surface area contributed by atoms with Crippen molar-refractivity contribution in [1.29, 1.82) is 0 Å². The zero-order valence-corrected chi connectivity index (χ0v) is 12.5. The van der Waals surface area contributed by atoms with Crippen LogP contribution in [0.2, 0.25) is 0 Å². The Morgan fingerprint density at radius 2 is 1.82 bits per heavy atom. The molecule has 2 nitrogen and oxygen atoms in total. The highest BCUT2D eigenvalue weighted by molar-refractivity contribution is 9.09. The molecule has 94 valence electrons. The summed E-state index contributed by atoms with van der Waals surface area (Å²) in [4.78, 5) is 12.2. The molecule has 0 aliphatic rings. The van der Waals surface area contributed by atoms with E-state index in [0.717, 1.165) is 28.4 Å². The van der Waals surface area contributed by atoms with Crippen molar-refractivity contribution in [2.45, 2.75) is 40.2 Å². The number of hydrogen-bond acceptors (Lipinski definition) is 1. The Balaban J connectivity index is 2.89. The molecule has 1 N–H and O–H groups in total. The lowest BCUT2D eigenvalue weighted by Gasteiger charge is -2.15. The molecular formula is C14H20BrNO. The molecule has 1 amide bonds. The molecule has 0 aromatic heterocycles. The van der Waals surface area contributed by atoms with E-state index >= 15 is 0 Å². The van der Waals surface area contributed by atoms with Gasteiger partial charge in [-0.3, -0.25) is 4.79 Å². The number of carbonyl (C=O) groups excluding carboxylic acids is 1. The predicted octanol–water partition coefficient (Wildman–Crippen LogP) is 3.52. The van der Waals surface area contributed by atoms with Gasteiger partial charge in [-0.05, 0) is 45.2 Å². The van der Waals surface area contributed by atoms with Crippen molar-refractivity contribution in [3.8, 4) is 0 Å². The highest BCUT2D eigenvalue weighted by atomic mass is 79.9. The molecule has 0 bridgehead atoms. The summed E-state index contributed by atoms with van der Waals surface area (Å²) >= 11 is 3.38. The second-order valence-corrected chi connectivity index (χ2v) is 5.42. The van der Waals surface area contributed by atoms with Crippen LogP contribution in [0.5, 0.6) is 0 Å². The van der Waals surface area contributed by atoms with Gasteiger partial charge in [-0.2, -0.15) is 0 Å². The normalized spacial score (nSPS) is 12.3. The smallest absolute Gasteiger partial charge is 0.252 e. The second-order valence-electron chi connectivity index (χ2n) is 4.63. The van der Waals surface area contributed by atoms with Crippen molar-refractivity contribution < 1.29 is 4.79 Å². The number of benzene rings is 1. The van der Waals surface area contributed by atoms with Gasteiger partial charge in [0, 0.05) is 16.9 Å². The number of halogens is 1. The van der Waals surface area contributed by atoms with Gasteiger partial charge in [0.05, 0.1) is 0 Å². The van der Waals surface area contributed by atoms with Gasteiger partial charge < -0.3 is 5.32 Å². The average Bonchev–Trinajstić information content (AvgIpc) is 2.15. The van der Waals surface area contributed by atoms with E-state index in [-0.39, 0.29) is 11.9 Å². The summed E-state index contributed by atoms with van der Waals surface area (Å²) in [7, 11) is 0. The van der Waals surface area contributed by atoms with E-state index in [9.17, 15) is 4.79 Å². The summed E-state index contributed by atoms with van der Waals surface area (Å²) in [5.74, 6) is 0.0356. The zero-order valence-electron chi connectivity index (χ0n) is 10.9. The Morgan fingerprint density at radius 3 is 2.29 bits per heavy atom. The van der Waals surface area contributed by atoms with E-state index in [1.54, 1.807) is 0 Å².